The molecule has 138 valence electrons. The first-order chi connectivity index (χ1) is 13.0. The van der Waals surface area contributed by atoms with Gasteiger partial charge in [0.15, 0.2) is 12.4 Å². The Balaban J connectivity index is 1.63. The van der Waals surface area contributed by atoms with Crippen molar-refractivity contribution in [3.63, 3.8) is 0 Å². The van der Waals surface area contributed by atoms with Crippen molar-refractivity contribution < 1.29 is 19.1 Å². The van der Waals surface area contributed by atoms with Crippen molar-refractivity contribution in [3.8, 4) is 0 Å². The Labute approximate surface area is 161 Å². The van der Waals surface area contributed by atoms with Crippen molar-refractivity contribution in [2.24, 2.45) is 0 Å². The van der Waals surface area contributed by atoms with Crippen molar-refractivity contribution in [1.82, 2.24) is 0 Å². The predicted octanol–water partition coefficient (Wildman–Crippen LogP) is 4.60. The molecule has 3 rings (SSSR count). The number of carbonyl (C=O) groups is 3. The highest BCUT2D eigenvalue weighted by atomic mass is 32.1. The molecule has 1 aromatic heterocycles. The predicted molar refractivity (Wildman–Crippen MR) is 107 cm³/mol. The van der Waals surface area contributed by atoms with E-state index in [1.165, 1.54) is 11.3 Å². The Bertz CT molecular complexity index is 1000. The van der Waals surface area contributed by atoms with Crippen molar-refractivity contribution in [2.75, 3.05) is 11.9 Å². The van der Waals surface area contributed by atoms with Crippen molar-refractivity contribution in [2.45, 2.75) is 20.3 Å². The standard InChI is InChI=1S/C21H19NO4S/c1-3-19(24)22-15-10-8-14(9-11-15)17(23)12-26-21(25)20-13(2)16-6-4-5-7-18(16)27-20/h4-11H,3,12H2,1-2H3,(H,22,24). The topological polar surface area (TPSA) is 72.5 Å². The fourth-order valence-corrected chi connectivity index (χ4v) is 3.74. The van der Waals surface area contributed by atoms with E-state index >= 15 is 0 Å². The highest BCUT2D eigenvalue weighted by Crippen LogP contribution is 2.31. The van der Waals surface area contributed by atoms with Gasteiger partial charge < -0.3 is 10.1 Å². The maximum absolute atomic E-state index is 12.4. The summed E-state index contributed by atoms with van der Waals surface area (Å²) in [4.78, 5) is 36.5. The molecule has 0 fully saturated rings. The molecule has 0 spiro atoms. The number of esters is 1. The number of ketones is 1. The maximum atomic E-state index is 12.4. The van der Waals surface area contributed by atoms with Gasteiger partial charge >= 0.3 is 5.97 Å². The number of Topliss-reactive ketones (excluding diaryl/α,β-unsaturated/α-hetero) is 1. The van der Waals surface area contributed by atoms with Crippen LogP contribution in [-0.4, -0.2) is 24.3 Å². The Morgan fingerprint density at radius 2 is 1.74 bits per heavy atom. The molecule has 0 unspecified atom stereocenters. The van der Waals surface area contributed by atoms with Crippen LogP contribution < -0.4 is 5.32 Å². The van der Waals surface area contributed by atoms with Crippen LogP contribution in [-0.2, 0) is 9.53 Å². The van der Waals surface area contributed by atoms with Crippen LogP contribution in [0.3, 0.4) is 0 Å². The highest BCUT2D eigenvalue weighted by Gasteiger charge is 2.18. The van der Waals surface area contributed by atoms with Crippen molar-refractivity contribution >= 4 is 44.8 Å². The van der Waals surface area contributed by atoms with E-state index in [2.05, 4.69) is 5.32 Å². The van der Waals surface area contributed by atoms with E-state index in [1.807, 2.05) is 31.2 Å². The summed E-state index contributed by atoms with van der Waals surface area (Å²) in [6, 6.07) is 14.3. The van der Waals surface area contributed by atoms with Crippen LogP contribution in [0.1, 0.15) is 38.9 Å². The van der Waals surface area contributed by atoms with E-state index in [4.69, 9.17) is 4.74 Å². The molecule has 1 N–H and O–H groups in total. The zero-order valence-electron chi connectivity index (χ0n) is 15.1. The number of amides is 1. The first-order valence-corrected chi connectivity index (χ1v) is 9.39. The molecule has 0 aliphatic carbocycles. The minimum atomic E-state index is -0.492. The second kappa shape index (κ2) is 8.14. The summed E-state index contributed by atoms with van der Waals surface area (Å²) in [5.74, 6) is -0.883. The smallest absolute Gasteiger partial charge is 0.349 e. The molecule has 0 radical (unpaired) electrons. The Hall–Kier alpha value is -2.99. The van der Waals surface area contributed by atoms with Gasteiger partial charge in [-0.05, 0) is 48.2 Å². The quantitative estimate of drug-likeness (QED) is 0.500. The fraction of sp³-hybridized carbons (Fsp3) is 0.190. The van der Waals surface area contributed by atoms with E-state index in [0.29, 0.717) is 22.5 Å². The van der Waals surface area contributed by atoms with Gasteiger partial charge in [-0.25, -0.2) is 4.79 Å². The number of ether oxygens (including phenoxy) is 1. The second-order valence-corrected chi connectivity index (χ2v) is 7.08. The number of hydrogen-bond acceptors (Lipinski definition) is 5. The van der Waals surface area contributed by atoms with Crippen LogP contribution >= 0.6 is 11.3 Å². The molecular weight excluding hydrogens is 362 g/mol. The molecule has 2 aromatic carbocycles. The Kier molecular flexibility index (Phi) is 5.66. The van der Waals surface area contributed by atoms with Gasteiger partial charge in [-0.2, -0.15) is 0 Å². The lowest BCUT2D eigenvalue weighted by atomic mass is 10.1. The summed E-state index contributed by atoms with van der Waals surface area (Å²) in [5.41, 5.74) is 1.91. The average Bonchev–Trinajstić information content (AvgIpc) is 3.03. The summed E-state index contributed by atoms with van der Waals surface area (Å²) in [7, 11) is 0. The molecule has 0 saturated heterocycles. The Morgan fingerprint density at radius 3 is 2.41 bits per heavy atom. The van der Waals surface area contributed by atoms with Crippen molar-refractivity contribution in [1.29, 1.82) is 0 Å². The number of nitrogens with one attached hydrogen (secondary N) is 1. The monoisotopic (exact) mass is 381 g/mol. The van der Waals surface area contributed by atoms with Crippen LogP contribution in [0.15, 0.2) is 48.5 Å². The average molecular weight is 381 g/mol. The molecule has 5 nitrogen and oxygen atoms in total. The normalized spacial score (nSPS) is 10.6. The van der Waals surface area contributed by atoms with E-state index in [0.717, 1.165) is 15.6 Å². The molecule has 1 amide bonds. The van der Waals surface area contributed by atoms with Gasteiger partial charge in [0, 0.05) is 22.4 Å². The first kappa shape index (κ1) is 18.8. The zero-order chi connectivity index (χ0) is 19.4. The third kappa shape index (κ3) is 4.23. The number of benzene rings is 2. The van der Waals surface area contributed by atoms with Gasteiger partial charge in [0.25, 0.3) is 0 Å². The van der Waals surface area contributed by atoms with Gasteiger partial charge in [0.05, 0.1) is 0 Å². The summed E-state index contributed by atoms with van der Waals surface area (Å²) in [6.07, 6.45) is 0.383. The van der Waals surface area contributed by atoms with Crippen LogP contribution in [0, 0.1) is 6.92 Å². The number of thiophene rings is 1. The minimum Gasteiger partial charge on any atom is -0.453 e. The number of aryl methyl sites for hydroxylation is 1. The number of anilines is 1. The molecule has 0 aliphatic rings. The van der Waals surface area contributed by atoms with Gasteiger partial charge in [-0.3, -0.25) is 9.59 Å². The first-order valence-electron chi connectivity index (χ1n) is 8.58. The minimum absolute atomic E-state index is 0.0956. The molecule has 0 saturated carbocycles. The molecule has 0 aliphatic heterocycles. The Morgan fingerprint density at radius 1 is 1.04 bits per heavy atom. The zero-order valence-corrected chi connectivity index (χ0v) is 15.9. The van der Waals surface area contributed by atoms with Crippen LogP contribution in [0.25, 0.3) is 10.1 Å². The van der Waals surface area contributed by atoms with Gasteiger partial charge in [-0.15, -0.1) is 11.3 Å². The van der Waals surface area contributed by atoms with Crippen molar-refractivity contribution in [3.05, 3.63) is 64.5 Å². The molecular formula is C21H19NO4S. The van der Waals surface area contributed by atoms with Gasteiger partial charge in [-0.1, -0.05) is 25.1 Å². The van der Waals surface area contributed by atoms with E-state index in [-0.39, 0.29) is 18.3 Å². The third-order valence-electron chi connectivity index (χ3n) is 4.18. The SMILES string of the molecule is CCC(=O)Nc1ccc(C(=O)COC(=O)c2sc3ccccc3c2C)cc1. The maximum Gasteiger partial charge on any atom is 0.349 e. The lowest BCUT2D eigenvalue weighted by molar-refractivity contribution is -0.115. The van der Waals surface area contributed by atoms with Crippen LogP contribution in [0.2, 0.25) is 0 Å². The molecule has 0 atom stereocenters. The third-order valence-corrected chi connectivity index (χ3v) is 5.43. The number of hydrogen-bond donors (Lipinski definition) is 1. The fourth-order valence-electron chi connectivity index (χ4n) is 2.64. The number of carbonyl (C=O) groups excluding carboxylic acids is 3. The molecule has 1 heterocycles. The van der Waals surface area contributed by atoms with Gasteiger partial charge in [0.1, 0.15) is 4.88 Å². The summed E-state index contributed by atoms with van der Waals surface area (Å²) in [6.45, 7) is 3.31. The lowest BCUT2D eigenvalue weighted by Gasteiger charge is -2.06. The summed E-state index contributed by atoms with van der Waals surface area (Å²) in [5, 5.41) is 3.73. The molecule has 3 aromatic rings. The summed E-state index contributed by atoms with van der Waals surface area (Å²) < 4.78 is 6.23. The summed E-state index contributed by atoms with van der Waals surface area (Å²) >= 11 is 1.36. The van der Waals surface area contributed by atoms with E-state index < -0.39 is 5.97 Å². The van der Waals surface area contributed by atoms with Crippen LogP contribution in [0.5, 0.6) is 0 Å². The number of rotatable bonds is 6. The lowest BCUT2D eigenvalue weighted by Crippen LogP contribution is -2.14. The second-order valence-electron chi connectivity index (χ2n) is 6.03. The molecule has 0 bridgehead atoms. The van der Waals surface area contributed by atoms with Gasteiger partial charge in [0.2, 0.25) is 5.91 Å². The van der Waals surface area contributed by atoms with Crippen LogP contribution in [0.4, 0.5) is 5.69 Å². The largest absolute Gasteiger partial charge is 0.453 e. The molecule has 6 heteroatoms. The van der Waals surface area contributed by atoms with E-state index in [9.17, 15) is 14.4 Å². The number of fused-ring (bicyclic) bond motifs is 1. The highest BCUT2D eigenvalue weighted by molar-refractivity contribution is 7.21. The molecule has 27 heavy (non-hydrogen) atoms. The van der Waals surface area contributed by atoms with E-state index in [1.54, 1.807) is 31.2 Å².